The lowest BCUT2D eigenvalue weighted by atomic mass is 10.1. The number of ether oxygens (including phenoxy) is 2. The highest BCUT2D eigenvalue weighted by Crippen LogP contribution is 2.42. The van der Waals surface area contributed by atoms with Crippen molar-refractivity contribution in [2.24, 2.45) is 0 Å². The molecule has 0 saturated carbocycles. The van der Waals surface area contributed by atoms with Crippen molar-refractivity contribution in [2.45, 2.75) is 25.6 Å². The minimum Gasteiger partial charge on any atom is -0.490 e. The summed E-state index contributed by atoms with van der Waals surface area (Å²) in [6, 6.07) is 8.25. The molecule has 0 aliphatic heterocycles. The van der Waals surface area contributed by atoms with Crippen LogP contribution in [0.3, 0.4) is 0 Å². The molecule has 1 unspecified atom stereocenters. The molecule has 2 aromatic rings. The highest BCUT2D eigenvalue weighted by Gasteiger charge is 2.18. The standard InChI is InChI=1S/C16H18Br2O2S/c1-4-19-13-7-6-11(9-14(13)20-5-2)15(18)16-12(17)8-10(3)21-16/h6-9,15H,4-5H2,1-3H3. The number of thiophene rings is 1. The smallest absolute Gasteiger partial charge is 0.161 e. The van der Waals surface area contributed by atoms with Gasteiger partial charge in [0.2, 0.25) is 0 Å². The van der Waals surface area contributed by atoms with Crippen LogP contribution < -0.4 is 9.47 Å². The monoisotopic (exact) mass is 432 g/mol. The largest absolute Gasteiger partial charge is 0.490 e. The summed E-state index contributed by atoms with van der Waals surface area (Å²) in [7, 11) is 0. The lowest BCUT2D eigenvalue weighted by Gasteiger charge is -2.15. The fraction of sp³-hybridized carbons (Fsp3) is 0.375. The Morgan fingerprint density at radius 2 is 1.76 bits per heavy atom. The van der Waals surface area contributed by atoms with Gasteiger partial charge in [-0.15, -0.1) is 11.3 Å². The van der Waals surface area contributed by atoms with E-state index < -0.39 is 0 Å². The van der Waals surface area contributed by atoms with E-state index in [9.17, 15) is 0 Å². The Bertz CT molecular complexity index is 610. The van der Waals surface area contributed by atoms with Crippen molar-refractivity contribution in [1.29, 1.82) is 0 Å². The molecule has 0 N–H and O–H groups in total. The van der Waals surface area contributed by atoms with Crippen molar-refractivity contribution in [3.63, 3.8) is 0 Å². The van der Waals surface area contributed by atoms with Crippen molar-refractivity contribution >= 4 is 43.2 Å². The Morgan fingerprint density at radius 1 is 1.10 bits per heavy atom. The van der Waals surface area contributed by atoms with Gasteiger partial charge in [0.15, 0.2) is 11.5 Å². The third-order valence-corrected chi connectivity index (χ3v) is 6.25. The van der Waals surface area contributed by atoms with Gasteiger partial charge in [0.25, 0.3) is 0 Å². The quantitative estimate of drug-likeness (QED) is 0.512. The normalized spacial score (nSPS) is 12.2. The van der Waals surface area contributed by atoms with E-state index in [0.717, 1.165) is 21.5 Å². The highest BCUT2D eigenvalue weighted by molar-refractivity contribution is 9.11. The molecule has 0 aliphatic carbocycles. The third kappa shape index (κ3) is 4.02. The van der Waals surface area contributed by atoms with E-state index in [1.807, 2.05) is 19.9 Å². The Balaban J connectivity index is 2.35. The van der Waals surface area contributed by atoms with E-state index in [2.05, 4.69) is 57.0 Å². The molecule has 1 aromatic carbocycles. The summed E-state index contributed by atoms with van der Waals surface area (Å²) in [6.07, 6.45) is 0. The molecule has 5 heteroatoms. The maximum atomic E-state index is 5.70. The number of halogens is 2. The molecule has 2 rings (SSSR count). The minimum atomic E-state index is 0.139. The summed E-state index contributed by atoms with van der Waals surface area (Å²) < 4.78 is 12.4. The zero-order chi connectivity index (χ0) is 15.4. The maximum Gasteiger partial charge on any atom is 0.161 e. The van der Waals surface area contributed by atoms with E-state index in [-0.39, 0.29) is 4.83 Å². The van der Waals surface area contributed by atoms with E-state index in [4.69, 9.17) is 9.47 Å². The molecule has 0 aliphatic rings. The average Bonchev–Trinajstić information content (AvgIpc) is 2.79. The molecular formula is C16H18Br2O2S. The van der Waals surface area contributed by atoms with Crippen molar-refractivity contribution in [3.8, 4) is 11.5 Å². The van der Waals surface area contributed by atoms with Crippen molar-refractivity contribution in [2.75, 3.05) is 13.2 Å². The van der Waals surface area contributed by atoms with Crippen LogP contribution in [-0.4, -0.2) is 13.2 Å². The van der Waals surface area contributed by atoms with Crippen LogP contribution in [0.25, 0.3) is 0 Å². The Kier molecular flexibility index (Phi) is 6.14. The van der Waals surface area contributed by atoms with Crippen molar-refractivity contribution in [1.82, 2.24) is 0 Å². The van der Waals surface area contributed by atoms with E-state index in [1.54, 1.807) is 11.3 Å². The molecule has 0 amide bonds. The van der Waals surface area contributed by atoms with E-state index >= 15 is 0 Å². The van der Waals surface area contributed by atoms with Gasteiger partial charge in [-0.25, -0.2) is 0 Å². The van der Waals surface area contributed by atoms with Gasteiger partial charge in [-0.1, -0.05) is 22.0 Å². The first-order valence-corrected chi connectivity index (χ1v) is 9.38. The second kappa shape index (κ2) is 7.65. The summed E-state index contributed by atoms with van der Waals surface area (Å²) in [5.41, 5.74) is 1.16. The first-order chi connectivity index (χ1) is 10.1. The van der Waals surface area contributed by atoms with Crippen LogP contribution in [-0.2, 0) is 0 Å². The molecular weight excluding hydrogens is 416 g/mol. The van der Waals surface area contributed by atoms with Crippen molar-refractivity contribution < 1.29 is 9.47 Å². The molecule has 1 heterocycles. The minimum absolute atomic E-state index is 0.139. The SMILES string of the molecule is CCOc1ccc(C(Br)c2sc(C)cc2Br)cc1OCC. The van der Waals surface area contributed by atoms with Crippen molar-refractivity contribution in [3.05, 3.63) is 44.1 Å². The van der Waals surface area contributed by atoms with Gasteiger partial charge in [-0.2, -0.15) is 0 Å². The van der Waals surface area contributed by atoms with Crippen LogP contribution >= 0.6 is 43.2 Å². The van der Waals surface area contributed by atoms with E-state index in [1.165, 1.54) is 9.75 Å². The number of hydrogen-bond acceptors (Lipinski definition) is 3. The molecule has 0 saturated heterocycles. The summed E-state index contributed by atoms with van der Waals surface area (Å²) in [5.74, 6) is 1.59. The van der Waals surface area contributed by atoms with Crippen LogP contribution in [0.15, 0.2) is 28.7 Å². The summed E-state index contributed by atoms with van der Waals surface area (Å²) in [6.45, 7) is 7.32. The summed E-state index contributed by atoms with van der Waals surface area (Å²) >= 11 is 9.20. The van der Waals surface area contributed by atoms with Gasteiger partial charge in [0.05, 0.1) is 18.0 Å². The second-order valence-electron chi connectivity index (χ2n) is 4.50. The molecule has 0 radical (unpaired) electrons. The number of benzene rings is 1. The number of rotatable bonds is 6. The molecule has 2 nitrogen and oxygen atoms in total. The average molecular weight is 434 g/mol. The van der Waals surface area contributed by atoms with Crippen LogP contribution in [0, 0.1) is 6.92 Å². The zero-order valence-electron chi connectivity index (χ0n) is 12.3. The highest BCUT2D eigenvalue weighted by atomic mass is 79.9. The van der Waals surface area contributed by atoms with Crippen LogP contribution in [0.4, 0.5) is 0 Å². The fourth-order valence-corrected chi connectivity index (χ4v) is 5.06. The van der Waals surface area contributed by atoms with Crippen LogP contribution in [0.1, 0.15) is 34.0 Å². The Labute approximate surface area is 146 Å². The lowest BCUT2D eigenvalue weighted by Crippen LogP contribution is -2.00. The number of aryl methyl sites for hydroxylation is 1. The van der Waals surface area contributed by atoms with Crippen LogP contribution in [0.5, 0.6) is 11.5 Å². The molecule has 0 bridgehead atoms. The predicted molar refractivity (Wildman–Crippen MR) is 96.3 cm³/mol. The first-order valence-electron chi connectivity index (χ1n) is 6.86. The third-order valence-electron chi connectivity index (χ3n) is 2.93. The summed E-state index contributed by atoms with van der Waals surface area (Å²) in [4.78, 5) is 2.69. The topological polar surface area (TPSA) is 18.5 Å². The van der Waals surface area contributed by atoms with Gasteiger partial charge in [-0.3, -0.25) is 0 Å². The van der Waals surface area contributed by atoms with E-state index in [0.29, 0.717) is 13.2 Å². The number of alkyl halides is 1. The maximum absolute atomic E-state index is 5.70. The van der Waals surface area contributed by atoms with Gasteiger partial charge in [0.1, 0.15) is 0 Å². The van der Waals surface area contributed by atoms with Gasteiger partial charge < -0.3 is 9.47 Å². The predicted octanol–water partition coefficient (Wildman–Crippen LogP) is 6.10. The zero-order valence-corrected chi connectivity index (χ0v) is 16.3. The summed E-state index contributed by atoms with van der Waals surface area (Å²) in [5, 5.41) is 0. The molecule has 0 fully saturated rings. The second-order valence-corrected chi connectivity index (χ2v) is 7.56. The molecule has 21 heavy (non-hydrogen) atoms. The van der Waals surface area contributed by atoms with Gasteiger partial charge >= 0.3 is 0 Å². The number of hydrogen-bond donors (Lipinski definition) is 0. The molecule has 1 aromatic heterocycles. The molecule has 114 valence electrons. The fourth-order valence-electron chi connectivity index (χ4n) is 2.05. The molecule has 0 spiro atoms. The Hall–Kier alpha value is -0.520. The molecule has 1 atom stereocenters. The van der Waals surface area contributed by atoms with Gasteiger partial charge in [-0.05, 0) is 60.5 Å². The lowest BCUT2D eigenvalue weighted by molar-refractivity contribution is 0.287. The Morgan fingerprint density at radius 3 is 2.33 bits per heavy atom. The van der Waals surface area contributed by atoms with Crippen LogP contribution in [0.2, 0.25) is 0 Å². The van der Waals surface area contributed by atoms with Gasteiger partial charge in [0, 0.05) is 14.2 Å². The first kappa shape index (κ1) is 16.8.